The van der Waals surface area contributed by atoms with Crippen molar-refractivity contribution in [1.82, 2.24) is 9.80 Å². The van der Waals surface area contributed by atoms with E-state index in [1.165, 1.54) is 0 Å². The van der Waals surface area contributed by atoms with Crippen molar-refractivity contribution in [2.24, 2.45) is 11.8 Å². The van der Waals surface area contributed by atoms with E-state index in [-0.39, 0.29) is 23.9 Å². The van der Waals surface area contributed by atoms with Gasteiger partial charge in [0, 0.05) is 26.2 Å². The third kappa shape index (κ3) is 7.71. The van der Waals surface area contributed by atoms with Gasteiger partial charge in [-0.05, 0) is 71.8 Å². The maximum absolute atomic E-state index is 12.5. The van der Waals surface area contributed by atoms with E-state index in [1.54, 1.807) is 22.8 Å². The summed E-state index contributed by atoms with van der Waals surface area (Å²) in [5.41, 5.74) is -0.494. The van der Waals surface area contributed by atoms with E-state index in [0.717, 1.165) is 38.6 Å². The molecule has 2 amide bonds. The zero-order valence-electron chi connectivity index (χ0n) is 18.3. The number of amides is 2. The summed E-state index contributed by atoms with van der Waals surface area (Å²) in [6.45, 7) is 10.2. The van der Waals surface area contributed by atoms with Gasteiger partial charge in [0.15, 0.2) is 0 Å². The lowest BCUT2D eigenvalue weighted by Gasteiger charge is -2.34. The van der Waals surface area contributed by atoms with Crippen molar-refractivity contribution in [2.75, 3.05) is 32.8 Å². The van der Waals surface area contributed by atoms with Gasteiger partial charge >= 0.3 is 12.1 Å². The van der Waals surface area contributed by atoms with Crippen LogP contribution in [0.5, 0.6) is 0 Å². The molecule has 2 saturated heterocycles. The van der Waals surface area contributed by atoms with Crippen molar-refractivity contribution in [3.8, 4) is 0 Å². The number of piperidine rings is 2. The number of rotatable bonds is 5. The summed E-state index contributed by atoms with van der Waals surface area (Å²) in [6.07, 6.45) is 7.57. The first-order valence-corrected chi connectivity index (χ1v) is 10.8. The van der Waals surface area contributed by atoms with Crippen LogP contribution in [0.4, 0.5) is 4.79 Å². The maximum atomic E-state index is 12.5. The minimum Gasteiger partial charge on any atom is -0.466 e. The van der Waals surface area contributed by atoms with E-state index >= 15 is 0 Å². The van der Waals surface area contributed by atoms with Crippen LogP contribution in [0.1, 0.15) is 59.8 Å². The fourth-order valence-electron chi connectivity index (χ4n) is 3.85. The Balaban J connectivity index is 1.80. The van der Waals surface area contributed by atoms with E-state index in [4.69, 9.17) is 9.47 Å². The van der Waals surface area contributed by atoms with Gasteiger partial charge in [0.25, 0.3) is 0 Å². The highest BCUT2D eigenvalue weighted by molar-refractivity contribution is 5.88. The highest BCUT2D eigenvalue weighted by atomic mass is 16.6. The predicted octanol–water partition coefficient (Wildman–Crippen LogP) is 3.38. The highest BCUT2D eigenvalue weighted by Gasteiger charge is 2.29. The number of carbonyl (C=O) groups excluding carboxylic acids is 3. The number of likely N-dealkylation sites (tertiary alicyclic amines) is 2. The van der Waals surface area contributed by atoms with Crippen LogP contribution in [-0.4, -0.2) is 66.2 Å². The molecule has 0 spiro atoms. The first kappa shape index (κ1) is 23.2. The molecule has 2 rings (SSSR count). The number of carbonyl (C=O) groups is 3. The molecule has 1 unspecified atom stereocenters. The van der Waals surface area contributed by atoms with Gasteiger partial charge in [0.05, 0.1) is 12.5 Å². The third-order valence-corrected chi connectivity index (χ3v) is 5.25. The Hall–Kier alpha value is -2.05. The zero-order chi connectivity index (χ0) is 21.4. The minimum atomic E-state index is -0.494. The monoisotopic (exact) mass is 408 g/mol. The number of ether oxygens (including phenoxy) is 2. The van der Waals surface area contributed by atoms with Crippen molar-refractivity contribution in [3.05, 3.63) is 12.2 Å². The van der Waals surface area contributed by atoms with Gasteiger partial charge in [-0.3, -0.25) is 9.59 Å². The molecule has 2 heterocycles. The quantitative estimate of drug-likeness (QED) is 0.515. The predicted molar refractivity (Wildman–Crippen MR) is 110 cm³/mol. The summed E-state index contributed by atoms with van der Waals surface area (Å²) in [6, 6.07) is 0. The zero-order valence-corrected chi connectivity index (χ0v) is 18.3. The molecule has 0 aromatic carbocycles. The molecule has 2 aliphatic rings. The molecule has 0 saturated carbocycles. The first-order valence-electron chi connectivity index (χ1n) is 10.8. The van der Waals surface area contributed by atoms with Crippen molar-refractivity contribution < 1.29 is 23.9 Å². The number of hydrogen-bond acceptors (Lipinski definition) is 5. The summed E-state index contributed by atoms with van der Waals surface area (Å²) in [5, 5.41) is 0. The van der Waals surface area contributed by atoms with E-state index < -0.39 is 5.60 Å². The third-order valence-electron chi connectivity index (χ3n) is 5.25. The van der Waals surface area contributed by atoms with Crippen LogP contribution < -0.4 is 0 Å². The molecule has 2 aliphatic heterocycles. The standard InChI is InChI=1S/C22H36N2O5/c1-5-28-20(26)18-11-8-13-23(16-18)19(25)12-6-9-17-10-7-14-24(15-17)21(27)29-22(2,3)4/h6,12,17-18H,5,7-11,13-16H2,1-4H3/t17?,18-/m1/s1. The molecule has 0 bridgehead atoms. The Labute approximate surface area is 174 Å². The van der Waals surface area contributed by atoms with Gasteiger partial charge in [0.2, 0.25) is 5.91 Å². The van der Waals surface area contributed by atoms with E-state index in [0.29, 0.717) is 32.2 Å². The van der Waals surface area contributed by atoms with Crippen LogP contribution in [0.2, 0.25) is 0 Å². The minimum absolute atomic E-state index is 0.0567. The molecule has 2 fully saturated rings. The molecule has 0 N–H and O–H groups in total. The topological polar surface area (TPSA) is 76.2 Å². The fraction of sp³-hybridized carbons (Fsp3) is 0.773. The fourth-order valence-corrected chi connectivity index (χ4v) is 3.85. The second kappa shape index (κ2) is 10.6. The van der Waals surface area contributed by atoms with Crippen molar-refractivity contribution in [2.45, 2.75) is 65.4 Å². The van der Waals surface area contributed by atoms with Gasteiger partial charge in [-0.1, -0.05) is 6.08 Å². The van der Waals surface area contributed by atoms with E-state index in [2.05, 4.69) is 0 Å². The lowest BCUT2D eigenvalue weighted by Crippen LogP contribution is -2.43. The maximum Gasteiger partial charge on any atom is 0.410 e. The molecule has 0 aromatic rings. The summed E-state index contributed by atoms with van der Waals surface area (Å²) in [4.78, 5) is 40.2. The van der Waals surface area contributed by atoms with Crippen molar-refractivity contribution in [3.63, 3.8) is 0 Å². The average Bonchev–Trinajstić information content (AvgIpc) is 2.67. The Morgan fingerprint density at radius 3 is 2.41 bits per heavy atom. The number of hydrogen-bond donors (Lipinski definition) is 0. The molecular formula is C22H36N2O5. The molecule has 0 radical (unpaired) electrons. The van der Waals surface area contributed by atoms with Gasteiger partial charge in [-0.25, -0.2) is 4.79 Å². The normalized spacial score (nSPS) is 23.2. The van der Waals surface area contributed by atoms with Gasteiger partial charge in [0.1, 0.15) is 5.60 Å². The Kier molecular flexibility index (Phi) is 8.53. The van der Waals surface area contributed by atoms with Crippen molar-refractivity contribution >= 4 is 18.0 Å². The SMILES string of the molecule is CCOC(=O)[C@@H]1CCCN(C(=O)C=CCC2CCCN(C(=O)OC(C)(C)C)C2)C1. The van der Waals surface area contributed by atoms with Crippen LogP contribution in [0.3, 0.4) is 0 Å². The van der Waals surface area contributed by atoms with Crippen LogP contribution in [0, 0.1) is 11.8 Å². The lowest BCUT2D eigenvalue weighted by molar-refractivity contribution is -0.150. The first-order chi connectivity index (χ1) is 13.7. The molecule has 0 aromatic heterocycles. The summed E-state index contributed by atoms with van der Waals surface area (Å²) in [5.74, 6) is -0.159. The largest absolute Gasteiger partial charge is 0.466 e. The van der Waals surface area contributed by atoms with Gasteiger partial charge < -0.3 is 19.3 Å². The molecule has 164 valence electrons. The van der Waals surface area contributed by atoms with E-state index in [1.807, 2.05) is 26.8 Å². The van der Waals surface area contributed by atoms with Crippen LogP contribution in [-0.2, 0) is 19.1 Å². The highest BCUT2D eigenvalue weighted by Crippen LogP contribution is 2.22. The number of nitrogens with zero attached hydrogens (tertiary/aromatic N) is 2. The van der Waals surface area contributed by atoms with Crippen LogP contribution in [0.25, 0.3) is 0 Å². The average molecular weight is 409 g/mol. The van der Waals surface area contributed by atoms with Gasteiger partial charge in [-0.2, -0.15) is 0 Å². The molecular weight excluding hydrogens is 372 g/mol. The van der Waals surface area contributed by atoms with E-state index in [9.17, 15) is 14.4 Å². The Bertz CT molecular complexity index is 611. The molecule has 29 heavy (non-hydrogen) atoms. The van der Waals surface area contributed by atoms with Crippen molar-refractivity contribution in [1.29, 1.82) is 0 Å². The molecule has 7 heteroatoms. The number of allylic oxidation sites excluding steroid dienone is 1. The van der Waals surface area contributed by atoms with Crippen LogP contribution >= 0.6 is 0 Å². The lowest BCUT2D eigenvalue weighted by atomic mass is 9.94. The Morgan fingerprint density at radius 1 is 1.03 bits per heavy atom. The number of esters is 1. The summed E-state index contributed by atoms with van der Waals surface area (Å²) < 4.78 is 10.6. The van der Waals surface area contributed by atoms with Crippen LogP contribution in [0.15, 0.2) is 12.2 Å². The smallest absolute Gasteiger partial charge is 0.410 e. The second-order valence-corrected chi connectivity index (χ2v) is 8.95. The molecule has 2 atom stereocenters. The second-order valence-electron chi connectivity index (χ2n) is 8.95. The molecule has 7 nitrogen and oxygen atoms in total. The Morgan fingerprint density at radius 2 is 1.72 bits per heavy atom. The summed E-state index contributed by atoms with van der Waals surface area (Å²) in [7, 11) is 0. The summed E-state index contributed by atoms with van der Waals surface area (Å²) >= 11 is 0. The molecule has 0 aliphatic carbocycles. The van der Waals surface area contributed by atoms with Gasteiger partial charge in [-0.15, -0.1) is 0 Å².